The Labute approximate surface area is 168 Å². The SMILES string of the molecule is Cc1ccc2oc(-c3ccc(C(=O)NCCCCCC(=O)O)cc3)cc(=O)c2c1. The molecule has 3 rings (SSSR count). The van der Waals surface area contributed by atoms with E-state index >= 15 is 0 Å². The van der Waals surface area contributed by atoms with E-state index in [1.54, 1.807) is 36.4 Å². The summed E-state index contributed by atoms with van der Waals surface area (Å²) >= 11 is 0. The molecule has 3 aromatic rings. The topological polar surface area (TPSA) is 96.6 Å². The molecule has 1 aromatic heterocycles. The van der Waals surface area contributed by atoms with Gasteiger partial charge in [-0.2, -0.15) is 0 Å². The monoisotopic (exact) mass is 393 g/mol. The highest BCUT2D eigenvalue weighted by molar-refractivity contribution is 5.94. The molecular weight excluding hydrogens is 370 g/mol. The van der Waals surface area contributed by atoms with Gasteiger partial charge in [0.15, 0.2) is 5.43 Å². The summed E-state index contributed by atoms with van der Waals surface area (Å²) in [7, 11) is 0. The molecule has 1 heterocycles. The molecule has 6 heteroatoms. The first-order chi connectivity index (χ1) is 13.9. The number of aryl methyl sites for hydroxylation is 1. The van der Waals surface area contributed by atoms with Crippen LogP contribution >= 0.6 is 0 Å². The van der Waals surface area contributed by atoms with Gasteiger partial charge in [0.2, 0.25) is 0 Å². The van der Waals surface area contributed by atoms with Gasteiger partial charge in [0.1, 0.15) is 11.3 Å². The molecule has 0 bridgehead atoms. The molecule has 1 amide bonds. The molecular formula is C23H23NO5. The molecule has 6 nitrogen and oxygen atoms in total. The number of hydrogen-bond acceptors (Lipinski definition) is 4. The van der Waals surface area contributed by atoms with Crippen molar-refractivity contribution in [1.82, 2.24) is 5.32 Å². The molecule has 0 saturated carbocycles. The molecule has 0 spiro atoms. The van der Waals surface area contributed by atoms with Crippen LogP contribution in [-0.4, -0.2) is 23.5 Å². The minimum Gasteiger partial charge on any atom is -0.481 e. The van der Waals surface area contributed by atoms with Crippen molar-refractivity contribution in [3.05, 3.63) is 69.9 Å². The van der Waals surface area contributed by atoms with Gasteiger partial charge in [0.05, 0.1) is 5.39 Å². The average Bonchev–Trinajstić information content (AvgIpc) is 2.70. The van der Waals surface area contributed by atoms with Gasteiger partial charge in [-0.3, -0.25) is 14.4 Å². The molecule has 2 aromatic carbocycles. The third-order valence-electron chi connectivity index (χ3n) is 4.67. The Morgan fingerprint density at radius 1 is 1.00 bits per heavy atom. The number of carboxylic acid groups (broad SMARTS) is 1. The molecule has 0 atom stereocenters. The molecule has 0 radical (unpaired) electrons. The van der Waals surface area contributed by atoms with Crippen LogP contribution in [0.5, 0.6) is 0 Å². The number of benzene rings is 2. The van der Waals surface area contributed by atoms with Crippen molar-refractivity contribution >= 4 is 22.8 Å². The highest BCUT2D eigenvalue weighted by Crippen LogP contribution is 2.23. The summed E-state index contributed by atoms with van der Waals surface area (Å²) in [6.07, 6.45) is 2.25. The molecule has 29 heavy (non-hydrogen) atoms. The second-order valence-electron chi connectivity index (χ2n) is 7.01. The van der Waals surface area contributed by atoms with E-state index in [0.717, 1.165) is 24.0 Å². The second kappa shape index (κ2) is 9.19. The summed E-state index contributed by atoms with van der Waals surface area (Å²) < 4.78 is 5.86. The largest absolute Gasteiger partial charge is 0.481 e. The van der Waals surface area contributed by atoms with Gasteiger partial charge in [-0.1, -0.05) is 30.2 Å². The Kier molecular flexibility index (Phi) is 6.44. The number of unbranched alkanes of at least 4 members (excludes halogenated alkanes) is 2. The maximum atomic E-state index is 12.4. The van der Waals surface area contributed by atoms with Crippen molar-refractivity contribution in [2.45, 2.75) is 32.6 Å². The Bertz CT molecular complexity index is 1080. The highest BCUT2D eigenvalue weighted by Gasteiger charge is 2.09. The number of fused-ring (bicyclic) bond motifs is 1. The fraction of sp³-hybridized carbons (Fsp3) is 0.261. The first-order valence-corrected chi connectivity index (χ1v) is 9.59. The Hall–Kier alpha value is -3.41. The number of carbonyl (C=O) groups excluding carboxylic acids is 1. The maximum absolute atomic E-state index is 12.4. The number of aliphatic carboxylic acids is 1. The minimum atomic E-state index is -0.800. The van der Waals surface area contributed by atoms with Crippen LogP contribution in [0.3, 0.4) is 0 Å². The van der Waals surface area contributed by atoms with Crippen LogP contribution < -0.4 is 10.7 Å². The lowest BCUT2D eigenvalue weighted by atomic mass is 10.1. The summed E-state index contributed by atoms with van der Waals surface area (Å²) in [5.74, 6) is -0.534. The zero-order chi connectivity index (χ0) is 20.8. The van der Waals surface area contributed by atoms with E-state index in [4.69, 9.17) is 9.52 Å². The number of carboxylic acids is 1. The predicted molar refractivity (Wildman–Crippen MR) is 111 cm³/mol. The third-order valence-corrected chi connectivity index (χ3v) is 4.67. The standard InChI is InChI=1S/C23H23NO5/c1-15-6-11-20-18(13-15)19(25)14-21(29-20)16-7-9-17(10-8-16)23(28)24-12-4-2-3-5-22(26)27/h6-11,13-14H,2-5,12H2,1H3,(H,24,28)(H,26,27). The Balaban J connectivity index is 1.63. The van der Waals surface area contributed by atoms with E-state index in [1.807, 2.05) is 13.0 Å². The highest BCUT2D eigenvalue weighted by atomic mass is 16.4. The van der Waals surface area contributed by atoms with E-state index < -0.39 is 5.97 Å². The first kappa shape index (κ1) is 20.3. The van der Waals surface area contributed by atoms with Crippen LogP contribution in [0.25, 0.3) is 22.3 Å². The molecule has 2 N–H and O–H groups in total. The summed E-state index contributed by atoms with van der Waals surface area (Å²) in [6.45, 7) is 2.42. The van der Waals surface area contributed by atoms with Gasteiger partial charge in [-0.25, -0.2) is 0 Å². The van der Waals surface area contributed by atoms with E-state index in [-0.39, 0.29) is 17.8 Å². The van der Waals surface area contributed by atoms with E-state index in [1.165, 1.54) is 6.07 Å². The molecule has 0 aliphatic rings. The number of nitrogens with one attached hydrogen (secondary N) is 1. The van der Waals surface area contributed by atoms with Gasteiger partial charge in [0.25, 0.3) is 5.91 Å². The summed E-state index contributed by atoms with van der Waals surface area (Å²) in [5, 5.41) is 12.0. The molecule has 0 unspecified atom stereocenters. The zero-order valence-corrected chi connectivity index (χ0v) is 16.2. The molecule has 150 valence electrons. The van der Waals surface area contributed by atoms with Crippen LogP contribution in [0.1, 0.15) is 41.6 Å². The van der Waals surface area contributed by atoms with Crippen molar-refractivity contribution in [1.29, 1.82) is 0 Å². The lowest BCUT2D eigenvalue weighted by Crippen LogP contribution is -2.24. The summed E-state index contributed by atoms with van der Waals surface area (Å²) in [5.41, 5.74) is 2.65. The molecule has 0 aliphatic heterocycles. The Morgan fingerprint density at radius 2 is 1.76 bits per heavy atom. The van der Waals surface area contributed by atoms with Crippen molar-refractivity contribution in [2.24, 2.45) is 0 Å². The lowest BCUT2D eigenvalue weighted by Gasteiger charge is -2.07. The van der Waals surface area contributed by atoms with Crippen molar-refractivity contribution < 1.29 is 19.1 Å². The number of carbonyl (C=O) groups is 2. The smallest absolute Gasteiger partial charge is 0.303 e. The number of hydrogen-bond donors (Lipinski definition) is 2. The maximum Gasteiger partial charge on any atom is 0.303 e. The molecule has 0 aliphatic carbocycles. The van der Waals surface area contributed by atoms with E-state index in [0.29, 0.717) is 35.3 Å². The summed E-state index contributed by atoms with van der Waals surface area (Å²) in [6, 6.07) is 13.8. The lowest BCUT2D eigenvalue weighted by molar-refractivity contribution is -0.137. The fourth-order valence-electron chi connectivity index (χ4n) is 3.08. The first-order valence-electron chi connectivity index (χ1n) is 9.59. The normalized spacial score (nSPS) is 10.8. The number of rotatable bonds is 8. The van der Waals surface area contributed by atoms with Crippen LogP contribution in [0.15, 0.2) is 57.7 Å². The van der Waals surface area contributed by atoms with Gasteiger partial charge < -0.3 is 14.8 Å². The van der Waals surface area contributed by atoms with Crippen LogP contribution in [0.2, 0.25) is 0 Å². The quantitative estimate of drug-likeness (QED) is 0.561. The third kappa shape index (κ3) is 5.31. The average molecular weight is 393 g/mol. The zero-order valence-electron chi connectivity index (χ0n) is 16.2. The van der Waals surface area contributed by atoms with E-state index in [2.05, 4.69) is 5.32 Å². The number of amides is 1. The summed E-state index contributed by atoms with van der Waals surface area (Å²) in [4.78, 5) is 35.0. The van der Waals surface area contributed by atoms with Gasteiger partial charge in [0, 0.05) is 30.2 Å². The van der Waals surface area contributed by atoms with Gasteiger partial charge in [-0.05, 0) is 44.0 Å². The molecule has 0 fully saturated rings. The fourth-order valence-corrected chi connectivity index (χ4v) is 3.08. The van der Waals surface area contributed by atoms with Crippen LogP contribution in [-0.2, 0) is 4.79 Å². The van der Waals surface area contributed by atoms with Crippen molar-refractivity contribution in [3.63, 3.8) is 0 Å². The predicted octanol–water partition coefficient (Wildman–Crippen LogP) is 4.14. The van der Waals surface area contributed by atoms with Gasteiger partial charge >= 0.3 is 5.97 Å². The van der Waals surface area contributed by atoms with Crippen molar-refractivity contribution in [2.75, 3.05) is 6.54 Å². The van der Waals surface area contributed by atoms with Crippen molar-refractivity contribution in [3.8, 4) is 11.3 Å². The van der Waals surface area contributed by atoms with Crippen LogP contribution in [0, 0.1) is 6.92 Å². The molecule has 0 saturated heterocycles. The minimum absolute atomic E-state index is 0.102. The second-order valence-corrected chi connectivity index (χ2v) is 7.01. The van der Waals surface area contributed by atoms with Gasteiger partial charge in [-0.15, -0.1) is 0 Å². The van der Waals surface area contributed by atoms with Crippen LogP contribution in [0.4, 0.5) is 0 Å². The van der Waals surface area contributed by atoms with E-state index in [9.17, 15) is 14.4 Å². The Morgan fingerprint density at radius 3 is 2.48 bits per heavy atom.